The molecule has 0 spiro atoms. The van der Waals surface area contributed by atoms with E-state index in [-0.39, 0.29) is 5.69 Å². The zero-order chi connectivity index (χ0) is 6.69. The van der Waals surface area contributed by atoms with Crippen LogP contribution in [0, 0.1) is 5.53 Å². The summed E-state index contributed by atoms with van der Waals surface area (Å²) < 4.78 is 0. The molecular weight excluding hydrogens is 120 g/mol. The van der Waals surface area contributed by atoms with Gasteiger partial charge in [0.05, 0.1) is 0 Å². The Labute approximate surface area is 50.2 Å². The Balaban J connectivity index is 3.32. The van der Waals surface area contributed by atoms with Gasteiger partial charge in [-0.1, -0.05) is 0 Å². The number of hydrogen-bond acceptors (Lipinski definition) is 4. The Morgan fingerprint density at radius 3 is 3.00 bits per heavy atom. The predicted octanol–water partition coefficient (Wildman–Crippen LogP) is 0.432. The summed E-state index contributed by atoms with van der Waals surface area (Å²) in [7, 11) is 0. The maximum atomic E-state index is 10.5. The van der Waals surface area contributed by atoms with Crippen molar-refractivity contribution in [3.63, 3.8) is 0 Å². The summed E-state index contributed by atoms with van der Waals surface area (Å²) in [6, 6.07) is 1.37. The van der Waals surface area contributed by atoms with Gasteiger partial charge >= 0.3 is 0 Å². The van der Waals surface area contributed by atoms with Crippen LogP contribution in [0.5, 0.6) is 0 Å². The van der Waals surface area contributed by atoms with Gasteiger partial charge in [0, 0.05) is 6.20 Å². The van der Waals surface area contributed by atoms with Crippen molar-refractivity contribution in [1.82, 2.24) is 10.2 Å². The number of aromatic nitrogens is 2. The van der Waals surface area contributed by atoms with Gasteiger partial charge in [-0.05, 0) is 6.07 Å². The standard InChI is InChI=1S/C4H4N4O/c5-7-3-1-2-6-8-4(3)9/h1-2,5H,(H,8,9). The molecule has 0 bridgehead atoms. The SMILES string of the molecule is N=Nc1ccn[nH]c1=O. The quantitative estimate of drug-likeness (QED) is 0.532. The van der Waals surface area contributed by atoms with Gasteiger partial charge in [-0.15, -0.1) is 0 Å². The molecule has 5 nitrogen and oxygen atoms in total. The van der Waals surface area contributed by atoms with Crippen LogP contribution < -0.4 is 5.56 Å². The third-order valence-electron chi connectivity index (χ3n) is 0.826. The Morgan fingerprint density at radius 2 is 2.56 bits per heavy atom. The molecule has 0 aliphatic heterocycles. The predicted molar refractivity (Wildman–Crippen MR) is 29.7 cm³/mol. The molecule has 5 heteroatoms. The minimum Gasteiger partial charge on any atom is -0.265 e. The molecule has 0 unspecified atom stereocenters. The molecule has 1 aromatic heterocycles. The average molecular weight is 124 g/mol. The third-order valence-corrected chi connectivity index (χ3v) is 0.826. The van der Waals surface area contributed by atoms with E-state index in [4.69, 9.17) is 5.53 Å². The van der Waals surface area contributed by atoms with Crippen LogP contribution in [-0.4, -0.2) is 10.2 Å². The van der Waals surface area contributed by atoms with E-state index >= 15 is 0 Å². The number of nitrogens with one attached hydrogen (secondary N) is 2. The first-order valence-corrected chi connectivity index (χ1v) is 2.26. The van der Waals surface area contributed by atoms with Crippen LogP contribution in [0.15, 0.2) is 22.2 Å². The van der Waals surface area contributed by atoms with E-state index in [1.165, 1.54) is 12.3 Å². The Hall–Kier alpha value is -1.52. The molecule has 2 N–H and O–H groups in total. The van der Waals surface area contributed by atoms with Crippen molar-refractivity contribution in [1.29, 1.82) is 5.53 Å². The van der Waals surface area contributed by atoms with E-state index in [2.05, 4.69) is 15.3 Å². The van der Waals surface area contributed by atoms with E-state index in [1.54, 1.807) is 0 Å². The highest BCUT2D eigenvalue weighted by molar-refractivity contribution is 5.28. The van der Waals surface area contributed by atoms with Gasteiger partial charge in [0.15, 0.2) is 5.69 Å². The van der Waals surface area contributed by atoms with Gasteiger partial charge in [0.25, 0.3) is 5.56 Å². The second-order valence-corrected chi connectivity index (χ2v) is 1.38. The van der Waals surface area contributed by atoms with Crippen molar-refractivity contribution in [2.75, 3.05) is 0 Å². The van der Waals surface area contributed by atoms with Gasteiger partial charge < -0.3 is 0 Å². The lowest BCUT2D eigenvalue weighted by Crippen LogP contribution is -2.04. The molecule has 1 rings (SSSR count). The number of nitrogens with zero attached hydrogens (tertiary/aromatic N) is 2. The molecule has 0 saturated heterocycles. The highest BCUT2D eigenvalue weighted by Gasteiger charge is 1.91. The molecule has 9 heavy (non-hydrogen) atoms. The fourth-order valence-electron chi connectivity index (χ4n) is 0.425. The molecule has 0 aliphatic carbocycles. The van der Waals surface area contributed by atoms with E-state index in [0.717, 1.165) is 0 Å². The van der Waals surface area contributed by atoms with Crippen molar-refractivity contribution >= 4 is 5.69 Å². The number of rotatable bonds is 1. The average Bonchev–Trinajstić information content (AvgIpc) is 1.89. The van der Waals surface area contributed by atoms with Crippen molar-refractivity contribution in [3.8, 4) is 0 Å². The normalized spacial score (nSPS) is 8.89. The van der Waals surface area contributed by atoms with Gasteiger partial charge in [-0.3, -0.25) is 4.79 Å². The van der Waals surface area contributed by atoms with Crippen molar-refractivity contribution < 1.29 is 0 Å². The second kappa shape index (κ2) is 2.17. The summed E-state index contributed by atoms with van der Waals surface area (Å²) in [5.74, 6) is 0. The molecule has 0 fully saturated rings. The molecule has 0 saturated carbocycles. The molecule has 0 aliphatic rings. The molecule has 0 radical (unpaired) electrons. The summed E-state index contributed by atoms with van der Waals surface area (Å²) in [6.45, 7) is 0. The third kappa shape index (κ3) is 0.987. The first-order valence-electron chi connectivity index (χ1n) is 2.26. The van der Waals surface area contributed by atoms with Gasteiger partial charge in [-0.25, -0.2) is 10.6 Å². The Kier molecular flexibility index (Phi) is 1.35. The summed E-state index contributed by atoms with van der Waals surface area (Å²) in [4.78, 5) is 10.5. The first kappa shape index (κ1) is 5.61. The summed E-state index contributed by atoms with van der Waals surface area (Å²) in [6.07, 6.45) is 1.37. The molecule has 1 aromatic rings. The number of H-pyrrole nitrogens is 1. The van der Waals surface area contributed by atoms with Crippen LogP contribution in [0.4, 0.5) is 5.69 Å². The van der Waals surface area contributed by atoms with Crippen LogP contribution in [0.3, 0.4) is 0 Å². The number of hydrogen-bond donors (Lipinski definition) is 2. The van der Waals surface area contributed by atoms with E-state index in [9.17, 15) is 4.79 Å². The molecular formula is C4H4N4O. The lowest BCUT2D eigenvalue weighted by molar-refractivity contribution is 0.970. The highest BCUT2D eigenvalue weighted by Crippen LogP contribution is 1.96. The zero-order valence-corrected chi connectivity index (χ0v) is 4.46. The van der Waals surface area contributed by atoms with Crippen molar-refractivity contribution in [2.45, 2.75) is 0 Å². The summed E-state index contributed by atoms with van der Waals surface area (Å²) in [5.41, 5.74) is 6.10. The lowest BCUT2D eigenvalue weighted by atomic mass is 10.5. The fraction of sp³-hybridized carbons (Fsp3) is 0. The van der Waals surface area contributed by atoms with Crippen molar-refractivity contribution in [2.24, 2.45) is 5.11 Å². The summed E-state index contributed by atoms with van der Waals surface area (Å²) >= 11 is 0. The summed E-state index contributed by atoms with van der Waals surface area (Å²) in [5, 5.41) is 8.48. The minimum atomic E-state index is -0.437. The molecule has 0 aromatic carbocycles. The fourth-order valence-corrected chi connectivity index (χ4v) is 0.425. The van der Waals surface area contributed by atoms with E-state index in [1.807, 2.05) is 0 Å². The monoisotopic (exact) mass is 124 g/mol. The largest absolute Gasteiger partial charge is 0.291 e. The first-order chi connectivity index (χ1) is 4.34. The van der Waals surface area contributed by atoms with Crippen LogP contribution in [0.25, 0.3) is 0 Å². The zero-order valence-electron chi connectivity index (χ0n) is 4.46. The lowest BCUT2D eigenvalue weighted by Gasteiger charge is -1.83. The van der Waals surface area contributed by atoms with Gasteiger partial charge in [0.1, 0.15) is 0 Å². The van der Waals surface area contributed by atoms with Crippen LogP contribution in [-0.2, 0) is 0 Å². The molecule has 46 valence electrons. The van der Waals surface area contributed by atoms with E-state index in [0.29, 0.717) is 0 Å². The molecule has 0 atom stereocenters. The van der Waals surface area contributed by atoms with Crippen LogP contribution >= 0.6 is 0 Å². The molecule has 0 amide bonds. The van der Waals surface area contributed by atoms with Crippen LogP contribution in [0.2, 0.25) is 0 Å². The molecule has 1 heterocycles. The number of aromatic amines is 1. The minimum absolute atomic E-state index is 0.0741. The van der Waals surface area contributed by atoms with Crippen LogP contribution in [0.1, 0.15) is 0 Å². The second-order valence-electron chi connectivity index (χ2n) is 1.38. The smallest absolute Gasteiger partial charge is 0.265 e. The topological polar surface area (TPSA) is 82.0 Å². The van der Waals surface area contributed by atoms with Gasteiger partial charge in [0.2, 0.25) is 0 Å². The Bertz CT molecular complexity index is 265. The maximum Gasteiger partial charge on any atom is 0.291 e. The maximum absolute atomic E-state index is 10.5. The van der Waals surface area contributed by atoms with E-state index < -0.39 is 5.56 Å². The van der Waals surface area contributed by atoms with Crippen molar-refractivity contribution in [3.05, 3.63) is 22.6 Å². The van der Waals surface area contributed by atoms with Gasteiger partial charge in [-0.2, -0.15) is 10.2 Å². The Morgan fingerprint density at radius 1 is 1.78 bits per heavy atom. The highest BCUT2D eigenvalue weighted by atomic mass is 16.1.